The largest absolute Gasteiger partial charge is 0.392 e. The Bertz CT molecular complexity index is 542. The van der Waals surface area contributed by atoms with Gasteiger partial charge in [0.1, 0.15) is 11.5 Å². The summed E-state index contributed by atoms with van der Waals surface area (Å²) in [5, 5.41) is 16.3. The van der Waals surface area contributed by atoms with E-state index in [9.17, 15) is 9.50 Å². The van der Waals surface area contributed by atoms with Gasteiger partial charge in [0.2, 0.25) is 11.7 Å². The number of halogens is 1. The van der Waals surface area contributed by atoms with Crippen molar-refractivity contribution in [2.75, 3.05) is 6.54 Å². The number of β-amino-alcohol motifs (C(OH)–C–C–N with tert-alkyl or cyclic N) is 1. The molecule has 0 amide bonds. The second kappa shape index (κ2) is 4.43. The van der Waals surface area contributed by atoms with Crippen LogP contribution in [0.2, 0.25) is 0 Å². The second-order valence-electron chi connectivity index (χ2n) is 4.17. The van der Waals surface area contributed by atoms with Gasteiger partial charge in [0.05, 0.1) is 18.3 Å². The molecular formula is C11H11FN4O2. The van der Waals surface area contributed by atoms with Gasteiger partial charge in [0.25, 0.3) is 0 Å². The Labute approximate surface area is 102 Å². The van der Waals surface area contributed by atoms with E-state index in [1.165, 1.54) is 12.1 Å². The van der Waals surface area contributed by atoms with Gasteiger partial charge in [0.15, 0.2) is 0 Å². The summed E-state index contributed by atoms with van der Waals surface area (Å²) in [5.74, 6) is 0.309. The molecule has 18 heavy (non-hydrogen) atoms. The summed E-state index contributed by atoms with van der Waals surface area (Å²) in [6.07, 6.45) is 1.25. The summed E-state index contributed by atoms with van der Waals surface area (Å²) in [6, 6.07) is 2.64. The summed E-state index contributed by atoms with van der Waals surface area (Å²) in [5.41, 5.74) is 0.449. The lowest BCUT2D eigenvalue weighted by Crippen LogP contribution is -2.15. The molecule has 3 heterocycles. The van der Waals surface area contributed by atoms with Gasteiger partial charge >= 0.3 is 0 Å². The van der Waals surface area contributed by atoms with Crippen LogP contribution in [-0.2, 0) is 0 Å². The van der Waals surface area contributed by atoms with Crippen LogP contribution < -0.4 is 5.32 Å². The highest BCUT2D eigenvalue weighted by atomic mass is 19.1. The molecule has 1 saturated heterocycles. The summed E-state index contributed by atoms with van der Waals surface area (Å²) in [6.45, 7) is 0.511. The van der Waals surface area contributed by atoms with Gasteiger partial charge in [-0.05, 0) is 18.6 Å². The van der Waals surface area contributed by atoms with Gasteiger partial charge in [0, 0.05) is 6.54 Å². The van der Waals surface area contributed by atoms with Crippen molar-refractivity contribution in [2.45, 2.75) is 18.6 Å². The summed E-state index contributed by atoms with van der Waals surface area (Å²) in [7, 11) is 0. The number of aliphatic hydroxyl groups is 1. The summed E-state index contributed by atoms with van der Waals surface area (Å²) < 4.78 is 17.8. The average molecular weight is 250 g/mol. The van der Waals surface area contributed by atoms with E-state index >= 15 is 0 Å². The Kier molecular flexibility index (Phi) is 2.77. The number of hydrogen-bond donors (Lipinski definition) is 2. The minimum absolute atomic E-state index is 0.137. The molecule has 0 aromatic carbocycles. The molecule has 0 aliphatic carbocycles. The molecule has 3 rings (SSSR count). The Morgan fingerprint density at radius 2 is 2.33 bits per heavy atom. The molecule has 2 atom stereocenters. The van der Waals surface area contributed by atoms with E-state index in [0.717, 1.165) is 6.20 Å². The molecule has 1 fully saturated rings. The third-order valence-electron chi connectivity index (χ3n) is 2.80. The fourth-order valence-electron chi connectivity index (χ4n) is 1.89. The maximum absolute atomic E-state index is 12.7. The third kappa shape index (κ3) is 2.09. The van der Waals surface area contributed by atoms with Crippen molar-refractivity contribution in [1.82, 2.24) is 20.4 Å². The van der Waals surface area contributed by atoms with Crippen molar-refractivity contribution in [2.24, 2.45) is 0 Å². The first-order valence-corrected chi connectivity index (χ1v) is 5.59. The molecule has 2 aromatic rings. The fraction of sp³-hybridized carbons (Fsp3) is 0.364. The number of hydrogen-bond acceptors (Lipinski definition) is 6. The number of aliphatic hydroxyl groups excluding tert-OH is 1. The average Bonchev–Trinajstić information content (AvgIpc) is 2.98. The molecular weight excluding hydrogens is 239 g/mol. The summed E-state index contributed by atoms with van der Waals surface area (Å²) >= 11 is 0. The lowest BCUT2D eigenvalue weighted by Gasteiger charge is -2.01. The summed E-state index contributed by atoms with van der Waals surface area (Å²) in [4.78, 5) is 8.06. The fourth-order valence-corrected chi connectivity index (χ4v) is 1.89. The molecule has 2 N–H and O–H groups in total. The first kappa shape index (κ1) is 11.2. The standard InChI is InChI=1S/C11H11FN4O2/c12-6-1-2-8(13-4-6)10-15-11(18-16-10)9-3-7(17)5-14-9/h1-2,4,7,9,14,17H,3,5H2/t7-,9-/m1/s1. The third-order valence-corrected chi connectivity index (χ3v) is 2.80. The van der Waals surface area contributed by atoms with Crippen LogP contribution in [0.4, 0.5) is 4.39 Å². The van der Waals surface area contributed by atoms with Crippen LogP contribution in [0, 0.1) is 5.82 Å². The monoisotopic (exact) mass is 250 g/mol. The Morgan fingerprint density at radius 3 is 3.00 bits per heavy atom. The van der Waals surface area contributed by atoms with Crippen molar-refractivity contribution in [3.63, 3.8) is 0 Å². The Hall–Kier alpha value is -1.86. The lowest BCUT2D eigenvalue weighted by atomic mass is 10.2. The molecule has 1 aliphatic rings. The van der Waals surface area contributed by atoms with E-state index in [-0.39, 0.29) is 6.04 Å². The van der Waals surface area contributed by atoms with E-state index in [1.807, 2.05) is 0 Å². The van der Waals surface area contributed by atoms with Crippen LogP contribution in [-0.4, -0.2) is 32.9 Å². The van der Waals surface area contributed by atoms with E-state index in [2.05, 4.69) is 20.4 Å². The van der Waals surface area contributed by atoms with Gasteiger partial charge in [-0.2, -0.15) is 4.98 Å². The minimum atomic E-state index is -0.414. The predicted octanol–water partition coefficient (Wildman–Crippen LogP) is 0.666. The number of rotatable bonds is 2. The highest BCUT2D eigenvalue weighted by Crippen LogP contribution is 2.23. The van der Waals surface area contributed by atoms with E-state index in [4.69, 9.17) is 4.52 Å². The normalized spacial score (nSPS) is 23.4. The van der Waals surface area contributed by atoms with E-state index < -0.39 is 11.9 Å². The zero-order valence-corrected chi connectivity index (χ0v) is 9.38. The van der Waals surface area contributed by atoms with Crippen LogP contribution >= 0.6 is 0 Å². The first-order valence-electron chi connectivity index (χ1n) is 5.59. The minimum Gasteiger partial charge on any atom is -0.392 e. The van der Waals surface area contributed by atoms with Gasteiger partial charge < -0.3 is 14.9 Å². The maximum atomic E-state index is 12.7. The second-order valence-corrected chi connectivity index (χ2v) is 4.17. The van der Waals surface area contributed by atoms with Crippen molar-refractivity contribution >= 4 is 0 Å². The van der Waals surface area contributed by atoms with Crippen molar-refractivity contribution in [3.8, 4) is 11.5 Å². The number of nitrogens with zero attached hydrogens (tertiary/aromatic N) is 3. The van der Waals surface area contributed by atoms with Crippen LogP contribution in [0.15, 0.2) is 22.9 Å². The topological polar surface area (TPSA) is 84.1 Å². The van der Waals surface area contributed by atoms with Gasteiger partial charge in [-0.15, -0.1) is 0 Å². The maximum Gasteiger partial charge on any atom is 0.244 e. The smallest absolute Gasteiger partial charge is 0.244 e. The van der Waals surface area contributed by atoms with Crippen molar-refractivity contribution in [3.05, 3.63) is 30.0 Å². The Balaban J connectivity index is 1.83. The molecule has 0 bridgehead atoms. The molecule has 0 saturated carbocycles. The highest BCUT2D eigenvalue weighted by molar-refractivity contribution is 5.47. The first-order chi connectivity index (χ1) is 8.72. The molecule has 0 spiro atoms. The SMILES string of the molecule is O[C@H]1CN[C@@H](c2nc(-c3ccc(F)cn3)no2)C1. The van der Waals surface area contributed by atoms with Crippen LogP contribution in [0.1, 0.15) is 18.4 Å². The van der Waals surface area contributed by atoms with Gasteiger partial charge in [-0.3, -0.25) is 0 Å². The highest BCUT2D eigenvalue weighted by Gasteiger charge is 2.28. The van der Waals surface area contributed by atoms with Crippen LogP contribution in [0.5, 0.6) is 0 Å². The molecule has 2 aromatic heterocycles. The molecule has 7 heteroatoms. The van der Waals surface area contributed by atoms with Gasteiger partial charge in [-0.1, -0.05) is 5.16 Å². The van der Waals surface area contributed by atoms with Crippen LogP contribution in [0.3, 0.4) is 0 Å². The Morgan fingerprint density at radius 1 is 1.44 bits per heavy atom. The molecule has 94 valence electrons. The quantitative estimate of drug-likeness (QED) is 0.814. The molecule has 1 aliphatic heterocycles. The van der Waals surface area contributed by atoms with Crippen molar-refractivity contribution < 1.29 is 14.0 Å². The number of pyridine rings is 1. The molecule has 6 nitrogen and oxygen atoms in total. The molecule has 0 unspecified atom stereocenters. The number of aromatic nitrogens is 3. The van der Waals surface area contributed by atoms with E-state index in [1.54, 1.807) is 0 Å². The molecule has 0 radical (unpaired) electrons. The van der Waals surface area contributed by atoms with Gasteiger partial charge in [-0.25, -0.2) is 9.37 Å². The van der Waals surface area contributed by atoms with Crippen LogP contribution in [0.25, 0.3) is 11.5 Å². The number of nitrogens with one attached hydrogen (secondary N) is 1. The lowest BCUT2D eigenvalue weighted by molar-refractivity contribution is 0.191. The predicted molar refractivity (Wildman–Crippen MR) is 58.9 cm³/mol. The van der Waals surface area contributed by atoms with Crippen molar-refractivity contribution in [1.29, 1.82) is 0 Å². The zero-order chi connectivity index (χ0) is 12.5. The zero-order valence-electron chi connectivity index (χ0n) is 9.38. The van der Waals surface area contributed by atoms with E-state index in [0.29, 0.717) is 30.4 Å².